The van der Waals surface area contributed by atoms with Gasteiger partial charge in [0, 0.05) is 48.9 Å². The number of piperidine rings is 1. The molecule has 5 rings (SSSR count). The number of rotatable bonds is 7. The van der Waals surface area contributed by atoms with Gasteiger partial charge in [0.15, 0.2) is 0 Å². The lowest BCUT2D eigenvalue weighted by Gasteiger charge is -2.32. The van der Waals surface area contributed by atoms with Crippen LogP contribution >= 0.6 is 0 Å². The maximum Gasteiger partial charge on any atom is 0.319 e. The summed E-state index contributed by atoms with van der Waals surface area (Å²) in [4.78, 5) is 32.1. The molecular weight excluding hydrogens is 488 g/mol. The number of amides is 4. The van der Waals surface area contributed by atoms with Crippen LogP contribution in [0.25, 0.3) is 22.0 Å². The van der Waals surface area contributed by atoms with Crippen molar-refractivity contribution in [3.05, 3.63) is 90.6 Å². The van der Waals surface area contributed by atoms with E-state index in [1.165, 1.54) is 0 Å². The first-order valence-corrected chi connectivity index (χ1v) is 13.4. The molecule has 1 aromatic heterocycles. The van der Waals surface area contributed by atoms with E-state index in [4.69, 9.17) is 0 Å². The summed E-state index contributed by atoms with van der Waals surface area (Å²) in [5.74, 6) is 0. The Bertz CT molecular complexity index is 1430. The topological polar surface area (TPSA) is 98.4 Å². The molecule has 0 saturated carbocycles. The average Bonchev–Trinajstić information content (AvgIpc) is 2.94. The molecule has 1 aliphatic heterocycles. The molecule has 4 aromatic rings. The molecule has 4 N–H and O–H groups in total. The highest BCUT2D eigenvalue weighted by Crippen LogP contribution is 2.27. The highest BCUT2D eigenvalue weighted by Gasteiger charge is 2.21. The smallest absolute Gasteiger partial charge is 0.319 e. The zero-order chi connectivity index (χ0) is 27.0. The Labute approximate surface area is 228 Å². The summed E-state index contributed by atoms with van der Waals surface area (Å²) in [6, 6.07) is 27.2. The molecule has 8 heteroatoms. The first kappa shape index (κ1) is 26.2. The van der Waals surface area contributed by atoms with Crippen molar-refractivity contribution < 1.29 is 9.59 Å². The van der Waals surface area contributed by atoms with Crippen molar-refractivity contribution in [2.75, 3.05) is 36.8 Å². The Hall–Kier alpha value is -4.43. The lowest BCUT2D eigenvalue weighted by atomic mass is 10.0. The molecule has 3 aromatic carbocycles. The summed E-state index contributed by atoms with van der Waals surface area (Å²) < 4.78 is 0. The number of para-hydroxylation sites is 2. The highest BCUT2D eigenvalue weighted by atomic mass is 16.2. The van der Waals surface area contributed by atoms with Gasteiger partial charge in [-0.1, -0.05) is 66.7 Å². The number of carbonyl (C=O) groups is 2. The van der Waals surface area contributed by atoms with Crippen molar-refractivity contribution in [3.63, 3.8) is 0 Å². The van der Waals surface area contributed by atoms with E-state index in [0.29, 0.717) is 6.54 Å². The molecule has 1 fully saturated rings. The summed E-state index contributed by atoms with van der Waals surface area (Å²) in [6.07, 6.45) is 1.73. The lowest BCUT2D eigenvalue weighted by Crippen LogP contribution is -2.47. The van der Waals surface area contributed by atoms with E-state index < -0.39 is 0 Å². The van der Waals surface area contributed by atoms with E-state index in [2.05, 4.69) is 31.2 Å². The van der Waals surface area contributed by atoms with Crippen LogP contribution in [-0.2, 0) is 0 Å². The quantitative estimate of drug-likeness (QED) is 0.253. The minimum absolute atomic E-state index is 0.115. The molecule has 1 saturated heterocycles. The second-order valence-electron chi connectivity index (χ2n) is 9.84. The molecule has 4 amide bonds. The molecule has 0 spiro atoms. The van der Waals surface area contributed by atoms with Crippen LogP contribution in [0.5, 0.6) is 0 Å². The number of pyridine rings is 1. The number of benzene rings is 3. The molecule has 0 radical (unpaired) electrons. The van der Waals surface area contributed by atoms with E-state index in [0.717, 1.165) is 71.6 Å². The zero-order valence-corrected chi connectivity index (χ0v) is 22.1. The number of hydrogen-bond donors (Lipinski definition) is 4. The second-order valence-corrected chi connectivity index (χ2v) is 9.84. The second kappa shape index (κ2) is 12.4. The van der Waals surface area contributed by atoms with Crippen LogP contribution in [0.4, 0.5) is 21.0 Å². The van der Waals surface area contributed by atoms with E-state index >= 15 is 0 Å². The van der Waals surface area contributed by atoms with E-state index in [9.17, 15) is 9.59 Å². The predicted octanol–water partition coefficient (Wildman–Crippen LogP) is 5.62. The van der Waals surface area contributed by atoms with Crippen LogP contribution in [0.2, 0.25) is 0 Å². The van der Waals surface area contributed by atoms with Gasteiger partial charge in [-0.3, -0.25) is 4.98 Å². The standard InChI is InChI=1S/C31H34N6O2/c1-22-21-29(26-12-6-8-14-28(26)33-22)36-30(38)32-17-20-37-18-15-24(16-19-37)34-31(39)35-27-13-7-5-11-25(27)23-9-3-2-4-10-23/h2-14,21,24H,15-20H2,1H3,(H2,34,35,39)(H2,32,33,36,38). The average molecular weight is 523 g/mol. The molecular formula is C31H34N6O2. The van der Waals surface area contributed by atoms with Crippen LogP contribution < -0.4 is 21.3 Å². The fourth-order valence-corrected chi connectivity index (χ4v) is 5.01. The predicted molar refractivity (Wildman–Crippen MR) is 157 cm³/mol. The number of urea groups is 2. The Morgan fingerprint density at radius 3 is 2.36 bits per heavy atom. The minimum Gasteiger partial charge on any atom is -0.337 e. The fourth-order valence-electron chi connectivity index (χ4n) is 5.01. The third-order valence-electron chi connectivity index (χ3n) is 6.99. The highest BCUT2D eigenvalue weighted by molar-refractivity contribution is 6.00. The van der Waals surface area contributed by atoms with Crippen molar-refractivity contribution in [1.29, 1.82) is 0 Å². The monoisotopic (exact) mass is 522 g/mol. The van der Waals surface area contributed by atoms with Gasteiger partial charge in [0.2, 0.25) is 0 Å². The summed E-state index contributed by atoms with van der Waals surface area (Å²) in [7, 11) is 0. The number of carbonyl (C=O) groups excluding carboxylic acids is 2. The SMILES string of the molecule is Cc1cc(NC(=O)NCCN2CCC(NC(=O)Nc3ccccc3-c3ccccc3)CC2)c2ccccc2n1. The summed E-state index contributed by atoms with van der Waals surface area (Å²) in [5.41, 5.74) is 5.32. The molecule has 1 aliphatic rings. The number of hydrogen-bond acceptors (Lipinski definition) is 4. The normalized spacial score (nSPS) is 14.1. The summed E-state index contributed by atoms with van der Waals surface area (Å²) in [6.45, 7) is 4.95. The van der Waals surface area contributed by atoms with Gasteiger partial charge in [0.25, 0.3) is 0 Å². The maximum absolute atomic E-state index is 12.8. The van der Waals surface area contributed by atoms with E-state index in [1.54, 1.807) is 0 Å². The van der Waals surface area contributed by atoms with Crippen LogP contribution in [0.3, 0.4) is 0 Å². The zero-order valence-electron chi connectivity index (χ0n) is 22.1. The molecule has 2 heterocycles. The van der Waals surface area contributed by atoms with Gasteiger partial charge in [-0.15, -0.1) is 0 Å². The fraction of sp³-hybridized carbons (Fsp3) is 0.258. The molecule has 0 aliphatic carbocycles. The number of nitrogens with one attached hydrogen (secondary N) is 4. The molecule has 0 bridgehead atoms. The lowest BCUT2D eigenvalue weighted by molar-refractivity contribution is 0.196. The van der Waals surface area contributed by atoms with E-state index in [-0.39, 0.29) is 18.1 Å². The van der Waals surface area contributed by atoms with Gasteiger partial charge in [-0.25, -0.2) is 9.59 Å². The summed E-state index contributed by atoms with van der Waals surface area (Å²) >= 11 is 0. The minimum atomic E-state index is -0.227. The Kier molecular flexibility index (Phi) is 8.33. The number of likely N-dealkylation sites (tertiary alicyclic amines) is 1. The van der Waals surface area contributed by atoms with Crippen molar-refractivity contribution in [2.24, 2.45) is 0 Å². The molecule has 0 atom stereocenters. The Morgan fingerprint density at radius 2 is 1.54 bits per heavy atom. The maximum atomic E-state index is 12.8. The van der Waals surface area contributed by atoms with Crippen LogP contribution in [-0.4, -0.2) is 54.2 Å². The van der Waals surface area contributed by atoms with Gasteiger partial charge in [0.1, 0.15) is 0 Å². The first-order valence-electron chi connectivity index (χ1n) is 13.4. The van der Waals surface area contributed by atoms with Gasteiger partial charge >= 0.3 is 12.1 Å². The number of fused-ring (bicyclic) bond motifs is 1. The number of aromatic nitrogens is 1. The van der Waals surface area contributed by atoms with E-state index in [1.807, 2.05) is 91.9 Å². The van der Waals surface area contributed by atoms with Crippen molar-refractivity contribution in [3.8, 4) is 11.1 Å². The van der Waals surface area contributed by atoms with Crippen molar-refractivity contribution in [2.45, 2.75) is 25.8 Å². The van der Waals surface area contributed by atoms with Gasteiger partial charge < -0.3 is 26.2 Å². The number of aryl methyl sites for hydroxylation is 1. The number of anilines is 2. The first-order chi connectivity index (χ1) is 19.0. The summed E-state index contributed by atoms with van der Waals surface area (Å²) in [5, 5.41) is 13.0. The van der Waals surface area contributed by atoms with Crippen LogP contribution in [0.15, 0.2) is 84.9 Å². The third-order valence-corrected chi connectivity index (χ3v) is 6.99. The molecule has 39 heavy (non-hydrogen) atoms. The van der Waals surface area contributed by atoms with Crippen LogP contribution in [0.1, 0.15) is 18.5 Å². The van der Waals surface area contributed by atoms with Gasteiger partial charge in [-0.05, 0) is 43.5 Å². The largest absolute Gasteiger partial charge is 0.337 e. The van der Waals surface area contributed by atoms with Crippen molar-refractivity contribution >= 4 is 34.3 Å². The van der Waals surface area contributed by atoms with Crippen LogP contribution in [0, 0.1) is 6.92 Å². The van der Waals surface area contributed by atoms with Gasteiger partial charge in [0.05, 0.1) is 16.9 Å². The molecule has 200 valence electrons. The van der Waals surface area contributed by atoms with Gasteiger partial charge in [-0.2, -0.15) is 0 Å². The number of nitrogens with zero attached hydrogens (tertiary/aromatic N) is 2. The van der Waals surface area contributed by atoms with Crippen molar-refractivity contribution in [1.82, 2.24) is 20.5 Å². The molecule has 0 unspecified atom stereocenters. The Balaban J connectivity index is 1.04. The molecule has 8 nitrogen and oxygen atoms in total. The third kappa shape index (κ3) is 6.91. The Morgan fingerprint density at radius 1 is 0.846 bits per heavy atom.